The number of rotatable bonds is 13. The van der Waals surface area contributed by atoms with Crippen molar-refractivity contribution in [2.75, 3.05) is 17.1 Å². The molecule has 214 valence electrons. The Bertz CT molecular complexity index is 1370. The van der Waals surface area contributed by atoms with E-state index in [4.69, 9.17) is 4.74 Å². The first-order chi connectivity index (χ1) is 19.0. The van der Waals surface area contributed by atoms with Crippen molar-refractivity contribution in [3.63, 3.8) is 0 Å². The Kier molecular flexibility index (Phi) is 10.7. The summed E-state index contributed by atoms with van der Waals surface area (Å²) in [6.45, 7) is 5.20. The molecule has 0 unspecified atom stereocenters. The molecule has 0 spiro atoms. The molecular weight excluding hydrogens is 533 g/mol. The SMILES string of the molecule is CC[C@H](C)NC(=O)[C@H](C)N(Cc1ccc(F)cc1)C(=O)CN(c1ccc(OCc2ccccc2)cc1)S(C)(=O)=O. The molecule has 0 aromatic heterocycles. The van der Waals surface area contributed by atoms with Crippen LogP contribution in [0.4, 0.5) is 10.1 Å². The second-order valence-corrected chi connectivity index (χ2v) is 11.6. The fourth-order valence-corrected chi connectivity index (χ4v) is 4.75. The molecule has 0 saturated heterocycles. The summed E-state index contributed by atoms with van der Waals surface area (Å²) in [6, 6.07) is 20.6. The van der Waals surface area contributed by atoms with Gasteiger partial charge in [0.05, 0.1) is 11.9 Å². The van der Waals surface area contributed by atoms with Crippen molar-refractivity contribution in [3.05, 3.63) is 95.8 Å². The van der Waals surface area contributed by atoms with Crippen molar-refractivity contribution in [2.24, 2.45) is 0 Å². The predicted molar refractivity (Wildman–Crippen MR) is 154 cm³/mol. The Hall–Kier alpha value is -3.92. The zero-order valence-electron chi connectivity index (χ0n) is 23.2. The smallest absolute Gasteiger partial charge is 0.244 e. The number of nitrogens with zero attached hydrogens (tertiary/aromatic N) is 2. The maximum Gasteiger partial charge on any atom is 0.244 e. The summed E-state index contributed by atoms with van der Waals surface area (Å²) in [7, 11) is -3.87. The first-order valence-electron chi connectivity index (χ1n) is 13.1. The van der Waals surface area contributed by atoms with Crippen LogP contribution in [-0.2, 0) is 32.8 Å². The lowest BCUT2D eigenvalue weighted by Gasteiger charge is -2.32. The quantitative estimate of drug-likeness (QED) is 0.327. The van der Waals surface area contributed by atoms with Crippen LogP contribution in [0, 0.1) is 5.82 Å². The summed E-state index contributed by atoms with van der Waals surface area (Å²) in [5, 5.41) is 2.87. The Balaban J connectivity index is 1.81. The zero-order chi connectivity index (χ0) is 29.3. The number of nitrogens with one attached hydrogen (secondary N) is 1. The molecule has 8 nitrogen and oxygen atoms in total. The van der Waals surface area contributed by atoms with E-state index in [9.17, 15) is 22.4 Å². The number of ether oxygens (including phenoxy) is 1. The molecule has 0 fully saturated rings. The van der Waals surface area contributed by atoms with Crippen molar-refractivity contribution in [3.8, 4) is 5.75 Å². The predicted octanol–water partition coefficient (Wildman–Crippen LogP) is 4.50. The van der Waals surface area contributed by atoms with Gasteiger partial charge in [-0.2, -0.15) is 0 Å². The fraction of sp³-hybridized carbons (Fsp3) is 0.333. The van der Waals surface area contributed by atoms with E-state index in [-0.39, 0.29) is 24.2 Å². The van der Waals surface area contributed by atoms with Crippen LogP contribution < -0.4 is 14.4 Å². The molecule has 3 rings (SSSR count). The minimum atomic E-state index is -3.87. The van der Waals surface area contributed by atoms with Crippen molar-refractivity contribution >= 4 is 27.5 Å². The van der Waals surface area contributed by atoms with Crippen LogP contribution in [0.15, 0.2) is 78.9 Å². The number of sulfonamides is 1. The second-order valence-electron chi connectivity index (χ2n) is 9.68. The summed E-state index contributed by atoms with van der Waals surface area (Å²) in [4.78, 5) is 27.9. The summed E-state index contributed by atoms with van der Waals surface area (Å²) < 4.78 is 45.8. The van der Waals surface area contributed by atoms with Gasteiger partial charge in [-0.3, -0.25) is 13.9 Å². The standard InChI is InChI=1S/C30H36FN3O5S/c1-5-22(2)32-30(36)23(3)33(19-24-11-13-26(31)14-12-24)29(35)20-34(40(4,37)38)27-15-17-28(18-16-27)39-21-25-9-7-6-8-10-25/h6-18,22-23H,5,19-21H2,1-4H3,(H,32,36)/t22-,23-/m0/s1. The van der Waals surface area contributed by atoms with Gasteiger partial charge in [0.2, 0.25) is 21.8 Å². The van der Waals surface area contributed by atoms with Crippen LogP contribution in [0.1, 0.15) is 38.3 Å². The van der Waals surface area contributed by atoms with E-state index in [1.54, 1.807) is 31.2 Å². The molecule has 0 bridgehead atoms. The van der Waals surface area contributed by atoms with Gasteiger partial charge >= 0.3 is 0 Å². The molecule has 2 atom stereocenters. The highest BCUT2D eigenvalue weighted by Gasteiger charge is 2.30. The lowest BCUT2D eigenvalue weighted by atomic mass is 10.1. The average molecular weight is 570 g/mol. The number of hydrogen-bond acceptors (Lipinski definition) is 5. The molecule has 0 radical (unpaired) electrons. The number of hydrogen-bond donors (Lipinski definition) is 1. The minimum Gasteiger partial charge on any atom is -0.489 e. The fourth-order valence-electron chi connectivity index (χ4n) is 3.90. The summed E-state index contributed by atoms with van der Waals surface area (Å²) in [5.41, 5.74) is 1.87. The maximum atomic E-state index is 13.6. The Morgan fingerprint density at radius 3 is 2.12 bits per heavy atom. The van der Waals surface area contributed by atoms with Crippen molar-refractivity contribution in [1.82, 2.24) is 10.2 Å². The van der Waals surface area contributed by atoms with Crippen LogP contribution in [0.2, 0.25) is 0 Å². The number of benzene rings is 3. The van der Waals surface area contributed by atoms with Gasteiger partial charge in [-0.25, -0.2) is 12.8 Å². The third-order valence-corrected chi connectivity index (χ3v) is 7.63. The first kappa shape index (κ1) is 30.6. The van der Waals surface area contributed by atoms with E-state index in [1.807, 2.05) is 44.2 Å². The summed E-state index contributed by atoms with van der Waals surface area (Å²) in [5.74, 6) is -0.828. The number of halogens is 1. The van der Waals surface area contributed by atoms with Crippen molar-refractivity contribution < 1.29 is 27.1 Å². The first-order valence-corrected chi connectivity index (χ1v) is 14.9. The summed E-state index contributed by atoms with van der Waals surface area (Å²) >= 11 is 0. The Morgan fingerprint density at radius 2 is 1.55 bits per heavy atom. The third-order valence-electron chi connectivity index (χ3n) is 6.49. The Labute approximate surface area is 235 Å². The highest BCUT2D eigenvalue weighted by molar-refractivity contribution is 7.92. The highest BCUT2D eigenvalue weighted by Crippen LogP contribution is 2.23. The van der Waals surface area contributed by atoms with E-state index < -0.39 is 34.3 Å². The van der Waals surface area contributed by atoms with Gasteiger partial charge in [0.25, 0.3) is 0 Å². The lowest BCUT2D eigenvalue weighted by molar-refractivity contribution is -0.139. The average Bonchev–Trinajstić information content (AvgIpc) is 2.94. The van der Waals surface area contributed by atoms with Gasteiger partial charge in [0.15, 0.2) is 0 Å². The lowest BCUT2D eigenvalue weighted by Crippen LogP contribution is -2.52. The van der Waals surface area contributed by atoms with Crippen LogP contribution >= 0.6 is 0 Å². The molecule has 3 aromatic rings. The van der Waals surface area contributed by atoms with Gasteiger partial charge < -0.3 is 15.0 Å². The largest absolute Gasteiger partial charge is 0.489 e. The zero-order valence-corrected chi connectivity index (χ0v) is 24.0. The molecule has 3 aromatic carbocycles. The molecule has 0 aliphatic heterocycles. The number of amides is 2. The van der Waals surface area contributed by atoms with E-state index in [1.165, 1.54) is 29.2 Å². The van der Waals surface area contributed by atoms with Gasteiger partial charge in [-0.15, -0.1) is 0 Å². The molecule has 0 aliphatic rings. The normalized spacial score (nSPS) is 12.7. The molecule has 1 N–H and O–H groups in total. The third kappa shape index (κ3) is 8.81. The molecule has 0 aliphatic carbocycles. The number of carbonyl (C=O) groups excluding carboxylic acids is 2. The van der Waals surface area contributed by atoms with E-state index in [0.29, 0.717) is 24.3 Å². The molecule has 10 heteroatoms. The van der Waals surface area contributed by atoms with Crippen LogP contribution in [0.3, 0.4) is 0 Å². The highest BCUT2D eigenvalue weighted by atomic mass is 32.2. The van der Waals surface area contributed by atoms with Gasteiger partial charge in [-0.05, 0) is 67.8 Å². The van der Waals surface area contributed by atoms with E-state index >= 15 is 0 Å². The number of carbonyl (C=O) groups is 2. The van der Waals surface area contributed by atoms with E-state index in [2.05, 4.69) is 5.32 Å². The maximum absolute atomic E-state index is 13.6. The number of anilines is 1. The van der Waals surface area contributed by atoms with Crippen LogP contribution in [0.5, 0.6) is 5.75 Å². The molecule has 2 amide bonds. The van der Waals surface area contributed by atoms with Crippen LogP contribution in [-0.4, -0.2) is 50.0 Å². The molecule has 40 heavy (non-hydrogen) atoms. The van der Waals surface area contributed by atoms with Crippen molar-refractivity contribution in [2.45, 2.75) is 52.4 Å². The molecule has 0 heterocycles. The van der Waals surface area contributed by atoms with Gasteiger partial charge in [-0.1, -0.05) is 49.4 Å². The molecule has 0 saturated carbocycles. The van der Waals surface area contributed by atoms with Gasteiger partial charge in [0.1, 0.15) is 30.8 Å². The van der Waals surface area contributed by atoms with Gasteiger partial charge in [0, 0.05) is 12.6 Å². The topological polar surface area (TPSA) is 96.0 Å². The van der Waals surface area contributed by atoms with Crippen LogP contribution in [0.25, 0.3) is 0 Å². The monoisotopic (exact) mass is 569 g/mol. The minimum absolute atomic E-state index is 0.00191. The summed E-state index contributed by atoms with van der Waals surface area (Å²) in [6.07, 6.45) is 1.72. The molecular formula is C30H36FN3O5S. The second kappa shape index (κ2) is 13.9. The van der Waals surface area contributed by atoms with E-state index in [0.717, 1.165) is 16.1 Å². The Morgan fingerprint density at radius 1 is 0.925 bits per heavy atom. The van der Waals surface area contributed by atoms with Crippen molar-refractivity contribution in [1.29, 1.82) is 0 Å².